The zero-order valence-corrected chi connectivity index (χ0v) is 17.7. The summed E-state index contributed by atoms with van der Waals surface area (Å²) in [4.78, 5) is 27.6. The first-order valence-electron chi connectivity index (χ1n) is 10.1. The van der Waals surface area contributed by atoms with Crippen molar-refractivity contribution in [3.63, 3.8) is 0 Å². The van der Waals surface area contributed by atoms with Gasteiger partial charge in [-0.25, -0.2) is 9.78 Å². The molecular formula is C22H23F3N2O6. The van der Waals surface area contributed by atoms with E-state index in [1.807, 2.05) is 41.3 Å². The second-order valence-electron chi connectivity index (χ2n) is 7.57. The molecule has 0 aliphatic carbocycles. The van der Waals surface area contributed by atoms with Gasteiger partial charge < -0.3 is 24.2 Å². The Morgan fingerprint density at radius 1 is 1.24 bits per heavy atom. The molecule has 1 atom stereocenters. The molecule has 1 unspecified atom stereocenters. The lowest BCUT2D eigenvalue weighted by Gasteiger charge is -2.50. The first-order valence-corrected chi connectivity index (χ1v) is 10.1. The van der Waals surface area contributed by atoms with E-state index in [2.05, 4.69) is 4.98 Å². The number of ether oxygens (including phenoxy) is 3. The summed E-state index contributed by atoms with van der Waals surface area (Å²) in [5, 5.41) is 7.12. The fourth-order valence-corrected chi connectivity index (χ4v) is 3.67. The van der Waals surface area contributed by atoms with Gasteiger partial charge in [0.05, 0.1) is 26.8 Å². The number of aromatic nitrogens is 1. The normalized spacial score (nSPS) is 18.7. The summed E-state index contributed by atoms with van der Waals surface area (Å²) in [5.41, 5.74) is 0.349. The molecule has 3 heterocycles. The Bertz CT molecular complexity index is 964. The van der Waals surface area contributed by atoms with Gasteiger partial charge in [-0.15, -0.1) is 0 Å². The first-order chi connectivity index (χ1) is 15.6. The van der Waals surface area contributed by atoms with Crippen LogP contribution >= 0.6 is 0 Å². The summed E-state index contributed by atoms with van der Waals surface area (Å²) in [6.45, 7) is 2.45. The Kier molecular flexibility index (Phi) is 7.42. The number of hydrogen-bond donors (Lipinski definition) is 1. The van der Waals surface area contributed by atoms with Crippen molar-refractivity contribution in [1.29, 1.82) is 0 Å². The van der Waals surface area contributed by atoms with Gasteiger partial charge in [-0.05, 0) is 30.7 Å². The van der Waals surface area contributed by atoms with Crippen LogP contribution in [0.25, 0.3) is 0 Å². The van der Waals surface area contributed by atoms with Crippen LogP contribution < -0.4 is 9.47 Å². The van der Waals surface area contributed by atoms with E-state index in [1.54, 1.807) is 19.4 Å². The van der Waals surface area contributed by atoms with Crippen LogP contribution in [0.1, 0.15) is 16.8 Å². The summed E-state index contributed by atoms with van der Waals surface area (Å²) >= 11 is 0. The number of nitrogens with zero attached hydrogens (tertiary/aromatic N) is 2. The molecule has 8 nitrogen and oxygen atoms in total. The maximum Gasteiger partial charge on any atom is 0.490 e. The third kappa shape index (κ3) is 5.92. The van der Waals surface area contributed by atoms with E-state index >= 15 is 0 Å². The van der Waals surface area contributed by atoms with Crippen molar-refractivity contribution >= 4 is 11.9 Å². The van der Waals surface area contributed by atoms with E-state index in [9.17, 15) is 18.0 Å². The van der Waals surface area contributed by atoms with E-state index in [1.165, 1.54) is 0 Å². The number of carbonyl (C=O) groups excluding carboxylic acids is 1. The number of halogens is 3. The largest absolute Gasteiger partial charge is 0.497 e. The van der Waals surface area contributed by atoms with E-state index in [-0.39, 0.29) is 17.4 Å². The standard InChI is InChI=1S/C20H22N2O4.C2HF3O2/c1-24-17-6-4-5-15(11-17)19(23)22-13-20(14-22)16(8-10-26-20)12-25-18-7-2-3-9-21-18;3-2(4,5)1(6)7/h2-7,9,11,16H,8,10,12-14H2,1H3;(H,6,7). The fourth-order valence-electron chi connectivity index (χ4n) is 3.67. The number of benzene rings is 1. The van der Waals surface area contributed by atoms with Gasteiger partial charge in [0.2, 0.25) is 5.88 Å². The molecule has 2 fully saturated rings. The molecule has 4 rings (SSSR count). The van der Waals surface area contributed by atoms with E-state index in [4.69, 9.17) is 24.1 Å². The number of likely N-dealkylation sites (tertiary alicyclic amines) is 1. The van der Waals surface area contributed by atoms with E-state index in [0.717, 1.165) is 6.42 Å². The van der Waals surface area contributed by atoms with Crippen molar-refractivity contribution in [2.24, 2.45) is 5.92 Å². The molecule has 0 saturated carbocycles. The second-order valence-corrected chi connectivity index (χ2v) is 7.57. The smallest absolute Gasteiger partial charge is 0.490 e. The zero-order valence-electron chi connectivity index (χ0n) is 17.7. The Hall–Kier alpha value is -3.34. The number of amides is 1. The van der Waals surface area contributed by atoms with Crippen LogP contribution in [-0.2, 0) is 9.53 Å². The average molecular weight is 468 g/mol. The lowest BCUT2D eigenvalue weighted by molar-refractivity contribution is -0.192. The molecule has 1 N–H and O–H groups in total. The highest BCUT2D eigenvalue weighted by Gasteiger charge is 2.54. The summed E-state index contributed by atoms with van der Waals surface area (Å²) in [7, 11) is 1.60. The Morgan fingerprint density at radius 2 is 1.97 bits per heavy atom. The molecule has 2 aromatic rings. The number of carbonyl (C=O) groups is 2. The monoisotopic (exact) mass is 468 g/mol. The quantitative estimate of drug-likeness (QED) is 0.720. The van der Waals surface area contributed by atoms with Crippen molar-refractivity contribution in [3.05, 3.63) is 54.2 Å². The van der Waals surface area contributed by atoms with Crippen molar-refractivity contribution in [2.45, 2.75) is 18.2 Å². The van der Waals surface area contributed by atoms with Crippen LogP contribution in [0.15, 0.2) is 48.7 Å². The van der Waals surface area contributed by atoms with Crippen LogP contribution in [0.4, 0.5) is 13.2 Å². The molecule has 1 aromatic heterocycles. The molecule has 1 spiro atoms. The van der Waals surface area contributed by atoms with Crippen LogP contribution in [0, 0.1) is 5.92 Å². The minimum absolute atomic E-state index is 0.00872. The summed E-state index contributed by atoms with van der Waals surface area (Å²) in [6.07, 6.45) is -2.43. The first kappa shape index (κ1) is 24.3. The number of methoxy groups -OCH3 is 1. The molecule has 0 bridgehead atoms. The van der Waals surface area contributed by atoms with Gasteiger partial charge in [-0.1, -0.05) is 12.1 Å². The molecule has 33 heavy (non-hydrogen) atoms. The Morgan fingerprint density at radius 3 is 2.58 bits per heavy atom. The highest BCUT2D eigenvalue weighted by Crippen LogP contribution is 2.40. The molecule has 1 amide bonds. The summed E-state index contributed by atoms with van der Waals surface area (Å²) < 4.78 is 48.8. The third-order valence-electron chi connectivity index (χ3n) is 5.43. The minimum atomic E-state index is -5.08. The van der Waals surface area contributed by atoms with Crippen LogP contribution in [0.3, 0.4) is 0 Å². The maximum absolute atomic E-state index is 12.7. The summed E-state index contributed by atoms with van der Waals surface area (Å²) in [5.74, 6) is -1.18. The van der Waals surface area contributed by atoms with Gasteiger partial charge in [-0.2, -0.15) is 13.2 Å². The predicted octanol–water partition coefficient (Wildman–Crippen LogP) is 3.03. The molecule has 2 aliphatic rings. The lowest BCUT2D eigenvalue weighted by atomic mass is 9.81. The number of aliphatic carboxylic acids is 1. The van der Waals surface area contributed by atoms with Crippen molar-refractivity contribution in [1.82, 2.24) is 9.88 Å². The summed E-state index contributed by atoms with van der Waals surface area (Å²) in [6, 6.07) is 12.9. The third-order valence-corrected chi connectivity index (χ3v) is 5.43. The molecule has 178 valence electrons. The fraction of sp³-hybridized carbons (Fsp3) is 0.409. The average Bonchev–Trinajstić information content (AvgIpc) is 3.21. The molecule has 11 heteroatoms. The highest BCUT2D eigenvalue weighted by atomic mass is 19.4. The number of carboxylic acid groups (broad SMARTS) is 1. The highest BCUT2D eigenvalue weighted by molar-refractivity contribution is 5.95. The van der Waals surface area contributed by atoms with Crippen molar-refractivity contribution in [3.8, 4) is 11.6 Å². The van der Waals surface area contributed by atoms with Crippen molar-refractivity contribution < 1.29 is 42.1 Å². The van der Waals surface area contributed by atoms with E-state index in [0.29, 0.717) is 43.5 Å². The van der Waals surface area contributed by atoms with Crippen molar-refractivity contribution in [2.75, 3.05) is 33.4 Å². The van der Waals surface area contributed by atoms with Gasteiger partial charge in [0, 0.05) is 30.4 Å². The zero-order chi connectivity index (χ0) is 24.1. The van der Waals surface area contributed by atoms with Crippen LogP contribution in [0.2, 0.25) is 0 Å². The second kappa shape index (κ2) is 10.1. The van der Waals surface area contributed by atoms with Crippen LogP contribution in [0.5, 0.6) is 11.6 Å². The molecule has 2 saturated heterocycles. The van der Waals surface area contributed by atoms with Gasteiger partial charge in [0.15, 0.2) is 0 Å². The molecular weight excluding hydrogens is 445 g/mol. The molecule has 2 aliphatic heterocycles. The lowest BCUT2D eigenvalue weighted by Crippen LogP contribution is -2.66. The number of carboxylic acids is 1. The molecule has 0 radical (unpaired) electrons. The van der Waals surface area contributed by atoms with Gasteiger partial charge in [0.1, 0.15) is 11.4 Å². The number of hydrogen-bond acceptors (Lipinski definition) is 6. The van der Waals surface area contributed by atoms with Gasteiger partial charge in [-0.3, -0.25) is 4.79 Å². The van der Waals surface area contributed by atoms with Crippen LogP contribution in [-0.4, -0.2) is 72.1 Å². The maximum atomic E-state index is 12.7. The SMILES string of the molecule is COc1cccc(C(=O)N2CC3(C2)OCCC3COc2ccccn2)c1.O=C(O)C(F)(F)F. The van der Waals surface area contributed by atoms with Gasteiger partial charge >= 0.3 is 12.1 Å². The Balaban J connectivity index is 0.000000383. The molecule has 1 aromatic carbocycles. The topological polar surface area (TPSA) is 98.2 Å². The minimum Gasteiger partial charge on any atom is -0.497 e. The predicted molar refractivity (Wildman–Crippen MR) is 109 cm³/mol. The Labute approximate surface area is 187 Å². The van der Waals surface area contributed by atoms with E-state index < -0.39 is 12.1 Å². The number of alkyl halides is 3. The van der Waals surface area contributed by atoms with Gasteiger partial charge in [0.25, 0.3) is 5.91 Å². The number of pyridine rings is 1. The number of rotatable bonds is 5.